The molecular weight excluding hydrogens is 238 g/mol. The van der Waals surface area contributed by atoms with Crippen molar-refractivity contribution in [1.82, 2.24) is 10.6 Å². The molecule has 1 aliphatic rings. The molecule has 0 saturated heterocycles. The zero-order chi connectivity index (χ0) is 13.7. The summed E-state index contributed by atoms with van der Waals surface area (Å²) in [5.41, 5.74) is 7.55. The van der Waals surface area contributed by atoms with Crippen LogP contribution >= 0.6 is 0 Å². The van der Waals surface area contributed by atoms with Gasteiger partial charge in [0.25, 0.3) is 0 Å². The Hall–Kier alpha value is -1.71. The Labute approximate surface area is 114 Å². The predicted molar refractivity (Wildman–Crippen MR) is 77.8 cm³/mol. The molecule has 0 spiro atoms. The van der Waals surface area contributed by atoms with Gasteiger partial charge in [-0.25, -0.2) is 4.79 Å². The van der Waals surface area contributed by atoms with Gasteiger partial charge in [-0.05, 0) is 25.3 Å². The van der Waals surface area contributed by atoms with Gasteiger partial charge < -0.3 is 16.4 Å². The van der Waals surface area contributed by atoms with Crippen LogP contribution in [-0.4, -0.2) is 12.6 Å². The van der Waals surface area contributed by atoms with Gasteiger partial charge in [-0.15, -0.1) is 0 Å². The van der Waals surface area contributed by atoms with Crippen molar-refractivity contribution >= 4 is 11.7 Å². The van der Waals surface area contributed by atoms with Crippen LogP contribution in [0.1, 0.15) is 44.6 Å². The molecule has 19 heavy (non-hydrogen) atoms. The quantitative estimate of drug-likeness (QED) is 0.544. The summed E-state index contributed by atoms with van der Waals surface area (Å²) < 4.78 is 0. The molecule has 4 nitrogen and oxygen atoms in total. The SMILES string of the molecule is CCCCCNC(=O)NC1(c2ccccc2N)CC1. The van der Waals surface area contributed by atoms with Crippen LogP contribution in [0.5, 0.6) is 0 Å². The van der Waals surface area contributed by atoms with E-state index in [0.717, 1.165) is 49.9 Å². The number of amides is 2. The smallest absolute Gasteiger partial charge is 0.315 e. The van der Waals surface area contributed by atoms with E-state index in [2.05, 4.69) is 17.6 Å². The van der Waals surface area contributed by atoms with Crippen LogP contribution in [-0.2, 0) is 5.54 Å². The molecule has 1 saturated carbocycles. The van der Waals surface area contributed by atoms with E-state index in [9.17, 15) is 4.79 Å². The minimum absolute atomic E-state index is 0.0862. The molecule has 0 atom stereocenters. The number of anilines is 1. The van der Waals surface area contributed by atoms with Crippen LogP contribution in [0.25, 0.3) is 0 Å². The van der Waals surface area contributed by atoms with Gasteiger partial charge in [-0.3, -0.25) is 0 Å². The molecule has 2 amide bonds. The Morgan fingerprint density at radius 3 is 2.68 bits per heavy atom. The maximum absolute atomic E-state index is 11.9. The number of urea groups is 1. The number of hydrogen-bond acceptors (Lipinski definition) is 2. The minimum atomic E-state index is -0.236. The number of rotatable bonds is 6. The van der Waals surface area contributed by atoms with Crippen molar-refractivity contribution in [1.29, 1.82) is 0 Å². The number of carbonyl (C=O) groups excluding carboxylic acids is 1. The second-order valence-electron chi connectivity index (χ2n) is 5.26. The van der Waals surface area contributed by atoms with Gasteiger partial charge in [-0.2, -0.15) is 0 Å². The van der Waals surface area contributed by atoms with Gasteiger partial charge >= 0.3 is 6.03 Å². The molecule has 1 aromatic rings. The summed E-state index contributed by atoms with van der Waals surface area (Å²) in [6.45, 7) is 2.89. The lowest BCUT2D eigenvalue weighted by atomic mass is 10.0. The molecule has 1 aliphatic carbocycles. The molecule has 1 aromatic carbocycles. The Kier molecular flexibility index (Phi) is 4.30. The lowest BCUT2D eigenvalue weighted by molar-refractivity contribution is 0.235. The number of nitrogen functional groups attached to an aromatic ring is 1. The molecule has 0 aliphatic heterocycles. The second-order valence-corrected chi connectivity index (χ2v) is 5.26. The van der Waals surface area contributed by atoms with Crippen molar-refractivity contribution in [2.75, 3.05) is 12.3 Å². The van der Waals surface area contributed by atoms with Gasteiger partial charge in [0.05, 0.1) is 5.54 Å². The molecule has 1 fully saturated rings. The fraction of sp³-hybridized carbons (Fsp3) is 0.533. The number of nitrogens with one attached hydrogen (secondary N) is 2. The van der Waals surface area contributed by atoms with E-state index in [1.807, 2.05) is 24.3 Å². The lowest BCUT2D eigenvalue weighted by Crippen LogP contribution is -2.42. The van der Waals surface area contributed by atoms with Crippen molar-refractivity contribution in [3.05, 3.63) is 29.8 Å². The number of benzene rings is 1. The van der Waals surface area contributed by atoms with Crippen molar-refractivity contribution in [3.63, 3.8) is 0 Å². The van der Waals surface area contributed by atoms with Crippen LogP contribution in [0.3, 0.4) is 0 Å². The highest BCUT2D eigenvalue weighted by molar-refractivity contribution is 5.76. The summed E-state index contributed by atoms with van der Waals surface area (Å²) in [5.74, 6) is 0. The maximum Gasteiger partial charge on any atom is 0.315 e. The summed E-state index contributed by atoms with van der Waals surface area (Å²) in [6.07, 6.45) is 5.27. The fourth-order valence-electron chi connectivity index (χ4n) is 2.36. The van der Waals surface area contributed by atoms with Crippen molar-refractivity contribution in [2.24, 2.45) is 0 Å². The van der Waals surface area contributed by atoms with E-state index in [0.29, 0.717) is 0 Å². The number of hydrogen-bond donors (Lipinski definition) is 3. The minimum Gasteiger partial charge on any atom is -0.398 e. The van der Waals surface area contributed by atoms with E-state index >= 15 is 0 Å². The third kappa shape index (κ3) is 3.40. The topological polar surface area (TPSA) is 67.2 Å². The first-order chi connectivity index (χ1) is 9.18. The van der Waals surface area contributed by atoms with Gasteiger partial charge in [0.2, 0.25) is 0 Å². The Morgan fingerprint density at radius 2 is 2.05 bits per heavy atom. The zero-order valence-electron chi connectivity index (χ0n) is 11.5. The van der Waals surface area contributed by atoms with Crippen LogP contribution < -0.4 is 16.4 Å². The first kappa shape index (κ1) is 13.7. The van der Waals surface area contributed by atoms with Crippen molar-refractivity contribution < 1.29 is 4.79 Å². The largest absolute Gasteiger partial charge is 0.398 e. The highest BCUT2D eigenvalue weighted by atomic mass is 16.2. The van der Waals surface area contributed by atoms with E-state index in [1.54, 1.807) is 0 Å². The number of para-hydroxylation sites is 1. The van der Waals surface area contributed by atoms with Gasteiger partial charge in [-0.1, -0.05) is 38.0 Å². The Balaban J connectivity index is 1.88. The molecule has 104 valence electrons. The highest BCUT2D eigenvalue weighted by Crippen LogP contribution is 2.47. The van der Waals surface area contributed by atoms with E-state index < -0.39 is 0 Å². The van der Waals surface area contributed by atoms with Gasteiger partial charge in [0.15, 0.2) is 0 Å². The third-order valence-corrected chi connectivity index (χ3v) is 3.65. The summed E-state index contributed by atoms with van der Waals surface area (Å²) >= 11 is 0. The lowest BCUT2D eigenvalue weighted by Gasteiger charge is -2.20. The standard InChI is InChI=1S/C15H23N3O/c1-2-3-6-11-17-14(19)18-15(9-10-15)12-7-4-5-8-13(12)16/h4-5,7-8H,2-3,6,9-11,16H2,1H3,(H2,17,18,19). The summed E-state index contributed by atoms with van der Waals surface area (Å²) in [7, 11) is 0. The molecule has 4 heteroatoms. The Bertz CT molecular complexity index is 441. The van der Waals surface area contributed by atoms with Crippen molar-refractivity contribution in [2.45, 2.75) is 44.6 Å². The molecule has 0 aromatic heterocycles. The highest BCUT2D eigenvalue weighted by Gasteiger charge is 2.46. The third-order valence-electron chi connectivity index (χ3n) is 3.65. The van der Waals surface area contributed by atoms with E-state index in [1.165, 1.54) is 0 Å². The molecule has 2 rings (SSSR count). The van der Waals surface area contributed by atoms with Crippen LogP contribution in [0.15, 0.2) is 24.3 Å². The second kappa shape index (κ2) is 5.95. The summed E-state index contributed by atoms with van der Waals surface area (Å²) in [6, 6.07) is 7.68. The molecule has 0 unspecified atom stereocenters. The Morgan fingerprint density at radius 1 is 1.32 bits per heavy atom. The number of unbranched alkanes of at least 4 members (excludes halogenated alkanes) is 2. The monoisotopic (exact) mass is 261 g/mol. The van der Waals surface area contributed by atoms with Crippen molar-refractivity contribution in [3.8, 4) is 0 Å². The number of nitrogens with two attached hydrogens (primary N) is 1. The summed E-state index contributed by atoms with van der Waals surface area (Å²) in [4.78, 5) is 11.9. The molecular formula is C15H23N3O. The average molecular weight is 261 g/mol. The first-order valence-corrected chi connectivity index (χ1v) is 7.09. The van der Waals surface area contributed by atoms with E-state index in [-0.39, 0.29) is 11.6 Å². The normalized spacial score (nSPS) is 15.8. The molecule has 0 bridgehead atoms. The number of carbonyl (C=O) groups is 1. The van der Waals surface area contributed by atoms with Crippen LogP contribution in [0.4, 0.5) is 10.5 Å². The zero-order valence-corrected chi connectivity index (χ0v) is 11.5. The van der Waals surface area contributed by atoms with Crippen LogP contribution in [0, 0.1) is 0 Å². The van der Waals surface area contributed by atoms with Gasteiger partial charge in [0, 0.05) is 17.8 Å². The van der Waals surface area contributed by atoms with Crippen LogP contribution in [0.2, 0.25) is 0 Å². The molecule has 4 N–H and O–H groups in total. The average Bonchev–Trinajstić information content (AvgIpc) is 3.16. The van der Waals surface area contributed by atoms with Gasteiger partial charge in [0.1, 0.15) is 0 Å². The first-order valence-electron chi connectivity index (χ1n) is 7.09. The maximum atomic E-state index is 11.9. The molecule has 0 radical (unpaired) electrons. The predicted octanol–water partition coefficient (Wildman–Crippen LogP) is 2.75. The fourth-order valence-corrected chi connectivity index (χ4v) is 2.36. The summed E-state index contributed by atoms with van der Waals surface area (Å²) in [5, 5.41) is 5.98. The van der Waals surface area contributed by atoms with E-state index in [4.69, 9.17) is 5.73 Å². The molecule has 0 heterocycles.